The average Bonchev–Trinajstić information content (AvgIpc) is 2.27. The Hall–Kier alpha value is -0.990. The zero-order valence-electron chi connectivity index (χ0n) is 10.5. The molecule has 0 aromatic rings. The molecule has 1 aliphatic rings. The molecule has 1 saturated heterocycles. The topological polar surface area (TPSA) is 29.5 Å². The number of allylic oxidation sites excluding steroid dienone is 1. The van der Waals surface area contributed by atoms with Crippen LogP contribution in [0.2, 0.25) is 0 Å². The van der Waals surface area contributed by atoms with E-state index < -0.39 is 0 Å². The van der Waals surface area contributed by atoms with Crippen molar-refractivity contribution in [1.82, 2.24) is 4.90 Å². The zero-order valence-corrected chi connectivity index (χ0v) is 10.5. The molecule has 1 heterocycles. The van der Waals surface area contributed by atoms with Crippen LogP contribution in [-0.4, -0.2) is 29.7 Å². The Balaban J connectivity index is 2.39. The first-order valence-corrected chi connectivity index (χ1v) is 6.14. The van der Waals surface area contributed by atoms with Crippen LogP contribution >= 0.6 is 0 Å². The number of rotatable bonds is 4. The van der Waals surface area contributed by atoms with Gasteiger partial charge in [-0.1, -0.05) is 6.08 Å². The smallest absolute Gasteiger partial charge is 0.410 e. The molecule has 1 aliphatic heterocycles. The monoisotopic (exact) mass is 225 g/mol. The molecule has 0 saturated carbocycles. The van der Waals surface area contributed by atoms with E-state index in [9.17, 15) is 4.79 Å². The Morgan fingerprint density at radius 3 is 2.56 bits per heavy atom. The lowest BCUT2D eigenvalue weighted by Crippen LogP contribution is -2.40. The molecule has 0 aliphatic carbocycles. The predicted octanol–water partition coefficient (Wildman–Crippen LogP) is 3.35. The third-order valence-electron chi connectivity index (χ3n) is 2.93. The summed E-state index contributed by atoms with van der Waals surface area (Å²) in [7, 11) is 0. The number of carbonyl (C=O) groups excluding carboxylic acids is 1. The van der Waals surface area contributed by atoms with Crippen molar-refractivity contribution in [3.05, 3.63) is 12.7 Å². The Kier molecular flexibility index (Phi) is 4.84. The van der Waals surface area contributed by atoms with Crippen LogP contribution in [0.4, 0.5) is 4.79 Å². The first-order valence-electron chi connectivity index (χ1n) is 6.14. The van der Waals surface area contributed by atoms with Gasteiger partial charge in [0.25, 0.3) is 0 Å². The predicted molar refractivity (Wildman–Crippen MR) is 65.4 cm³/mol. The lowest BCUT2D eigenvalue weighted by atomic mass is 10.0. The van der Waals surface area contributed by atoms with Crippen LogP contribution in [0.5, 0.6) is 0 Å². The summed E-state index contributed by atoms with van der Waals surface area (Å²) in [6, 6.07) is 0. The van der Waals surface area contributed by atoms with Gasteiger partial charge in [-0.25, -0.2) is 4.79 Å². The largest absolute Gasteiger partial charge is 0.443 e. The van der Waals surface area contributed by atoms with E-state index in [0.717, 1.165) is 38.8 Å². The quantitative estimate of drug-likeness (QED) is 0.687. The minimum Gasteiger partial charge on any atom is -0.443 e. The van der Waals surface area contributed by atoms with E-state index in [1.807, 2.05) is 24.8 Å². The summed E-state index contributed by atoms with van der Waals surface area (Å²) in [5, 5.41) is 0. The van der Waals surface area contributed by atoms with Crippen LogP contribution in [0.1, 0.15) is 46.0 Å². The highest BCUT2D eigenvalue weighted by atomic mass is 16.6. The molecule has 0 radical (unpaired) electrons. The summed E-state index contributed by atoms with van der Waals surface area (Å²) in [4.78, 5) is 13.7. The van der Waals surface area contributed by atoms with Gasteiger partial charge in [0.1, 0.15) is 5.60 Å². The molecule has 0 atom stereocenters. The minimum absolute atomic E-state index is 0.159. The van der Waals surface area contributed by atoms with Gasteiger partial charge in [0, 0.05) is 13.1 Å². The van der Waals surface area contributed by atoms with Crippen LogP contribution in [0, 0.1) is 0 Å². The van der Waals surface area contributed by atoms with E-state index in [0.29, 0.717) is 0 Å². The second-order valence-electron chi connectivity index (χ2n) is 5.00. The standard InChI is InChI=1S/C13H23NO2/c1-4-5-9-13(2,3)16-12(15)14-10-7-6-8-11-14/h4H,1,5-11H2,2-3H3. The molecule has 3 heteroatoms. The number of ether oxygens (including phenoxy) is 1. The summed E-state index contributed by atoms with van der Waals surface area (Å²) in [6.07, 6.45) is 6.83. The van der Waals surface area contributed by atoms with Crippen LogP contribution in [0.3, 0.4) is 0 Å². The Labute approximate surface area is 98.5 Å². The van der Waals surface area contributed by atoms with E-state index in [-0.39, 0.29) is 11.7 Å². The van der Waals surface area contributed by atoms with Crippen molar-refractivity contribution in [3.8, 4) is 0 Å². The third-order valence-corrected chi connectivity index (χ3v) is 2.93. The van der Waals surface area contributed by atoms with Gasteiger partial charge in [0.15, 0.2) is 0 Å². The molecule has 0 N–H and O–H groups in total. The fourth-order valence-corrected chi connectivity index (χ4v) is 1.88. The second-order valence-corrected chi connectivity index (χ2v) is 5.00. The molecular formula is C13H23NO2. The molecule has 92 valence electrons. The second kappa shape index (κ2) is 5.92. The van der Waals surface area contributed by atoms with Crippen molar-refractivity contribution in [3.63, 3.8) is 0 Å². The van der Waals surface area contributed by atoms with Crippen molar-refractivity contribution in [2.45, 2.75) is 51.6 Å². The van der Waals surface area contributed by atoms with Gasteiger partial charge in [-0.15, -0.1) is 6.58 Å². The summed E-state index contributed by atoms with van der Waals surface area (Å²) in [5.74, 6) is 0. The normalized spacial score (nSPS) is 17.0. The highest BCUT2D eigenvalue weighted by Gasteiger charge is 2.26. The number of nitrogens with zero attached hydrogens (tertiary/aromatic N) is 1. The van der Waals surface area contributed by atoms with Gasteiger partial charge in [0.2, 0.25) is 0 Å². The van der Waals surface area contributed by atoms with Gasteiger partial charge in [0.05, 0.1) is 0 Å². The summed E-state index contributed by atoms with van der Waals surface area (Å²) >= 11 is 0. The lowest BCUT2D eigenvalue weighted by Gasteiger charge is -2.31. The maximum atomic E-state index is 11.9. The fourth-order valence-electron chi connectivity index (χ4n) is 1.88. The molecule has 3 nitrogen and oxygen atoms in total. The fraction of sp³-hybridized carbons (Fsp3) is 0.769. The molecule has 0 bridgehead atoms. The van der Waals surface area contributed by atoms with Gasteiger partial charge >= 0.3 is 6.09 Å². The van der Waals surface area contributed by atoms with E-state index in [1.54, 1.807) is 0 Å². The van der Waals surface area contributed by atoms with E-state index in [2.05, 4.69) is 6.58 Å². The number of likely N-dealkylation sites (tertiary alicyclic amines) is 1. The van der Waals surface area contributed by atoms with Gasteiger partial charge < -0.3 is 9.64 Å². The van der Waals surface area contributed by atoms with Crippen LogP contribution in [0.25, 0.3) is 0 Å². The number of carbonyl (C=O) groups is 1. The molecule has 0 unspecified atom stereocenters. The highest BCUT2D eigenvalue weighted by Crippen LogP contribution is 2.20. The number of amides is 1. The maximum Gasteiger partial charge on any atom is 0.410 e. The average molecular weight is 225 g/mol. The third kappa shape index (κ3) is 4.25. The van der Waals surface area contributed by atoms with E-state index in [4.69, 9.17) is 4.74 Å². The van der Waals surface area contributed by atoms with E-state index in [1.165, 1.54) is 6.42 Å². The number of hydrogen-bond donors (Lipinski definition) is 0. The number of hydrogen-bond acceptors (Lipinski definition) is 2. The molecule has 0 aromatic carbocycles. The maximum absolute atomic E-state index is 11.9. The van der Waals surface area contributed by atoms with Crippen molar-refractivity contribution in [1.29, 1.82) is 0 Å². The Morgan fingerprint density at radius 1 is 1.38 bits per heavy atom. The van der Waals surface area contributed by atoms with Crippen molar-refractivity contribution >= 4 is 6.09 Å². The molecule has 16 heavy (non-hydrogen) atoms. The molecule has 1 amide bonds. The minimum atomic E-state index is -0.386. The zero-order chi connectivity index (χ0) is 12.0. The summed E-state index contributed by atoms with van der Waals surface area (Å²) in [5.41, 5.74) is -0.386. The molecular weight excluding hydrogens is 202 g/mol. The lowest BCUT2D eigenvalue weighted by molar-refractivity contribution is 0.00624. The van der Waals surface area contributed by atoms with Gasteiger partial charge in [-0.05, 0) is 46.0 Å². The van der Waals surface area contributed by atoms with Crippen molar-refractivity contribution in [2.75, 3.05) is 13.1 Å². The van der Waals surface area contributed by atoms with E-state index >= 15 is 0 Å². The van der Waals surface area contributed by atoms with Gasteiger partial charge in [-0.2, -0.15) is 0 Å². The summed E-state index contributed by atoms with van der Waals surface area (Å²) in [6.45, 7) is 9.28. The molecule has 0 aromatic heterocycles. The number of piperidine rings is 1. The molecule has 0 spiro atoms. The SMILES string of the molecule is C=CCCC(C)(C)OC(=O)N1CCCCC1. The Bertz CT molecular complexity index is 242. The Morgan fingerprint density at radius 2 is 2.00 bits per heavy atom. The highest BCUT2D eigenvalue weighted by molar-refractivity contribution is 5.68. The van der Waals surface area contributed by atoms with Gasteiger partial charge in [-0.3, -0.25) is 0 Å². The first kappa shape index (κ1) is 13.1. The van der Waals surface area contributed by atoms with Crippen LogP contribution < -0.4 is 0 Å². The van der Waals surface area contributed by atoms with Crippen molar-refractivity contribution in [2.24, 2.45) is 0 Å². The summed E-state index contributed by atoms with van der Waals surface area (Å²) < 4.78 is 5.52. The van der Waals surface area contributed by atoms with Crippen molar-refractivity contribution < 1.29 is 9.53 Å². The molecule has 1 rings (SSSR count). The molecule has 1 fully saturated rings. The van der Waals surface area contributed by atoms with Crippen LogP contribution in [0.15, 0.2) is 12.7 Å². The van der Waals surface area contributed by atoms with Crippen LogP contribution in [-0.2, 0) is 4.74 Å². The first-order chi connectivity index (χ1) is 7.55.